The van der Waals surface area contributed by atoms with Crippen molar-refractivity contribution in [3.05, 3.63) is 42.9 Å². The zero-order valence-electron chi connectivity index (χ0n) is 6.88. The van der Waals surface area contributed by atoms with Crippen molar-refractivity contribution in [2.24, 2.45) is 0 Å². The summed E-state index contributed by atoms with van der Waals surface area (Å²) in [5.74, 6) is -0.392. The number of benzene rings is 1. The summed E-state index contributed by atoms with van der Waals surface area (Å²) in [5, 5.41) is 4.73. The molecule has 68 valence electrons. The predicted molar refractivity (Wildman–Crippen MR) is 48.8 cm³/mol. The van der Waals surface area contributed by atoms with E-state index in [1.165, 1.54) is 24.4 Å². The van der Waals surface area contributed by atoms with Crippen molar-refractivity contribution in [2.45, 2.75) is 0 Å². The number of carbonyl (C=O) groups is 1. The van der Waals surface area contributed by atoms with Crippen LogP contribution in [0.25, 0.3) is 0 Å². The van der Waals surface area contributed by atoms with Gasteiger partial charge in [-0.1, -0.05) is 12.6 Å². The molecule has 0 heterocycles. The molecule has 0 fully saturated rings. The summed E-state index contributed by atoms with van der Waals surface area (Å²) in [7, 11) is 0. The molecule has 2 amide bonds. The van der Waals surface area contributed by atoms with Crippen LogP contribution in [0.15, 0.2) is 37.0 Å². The van der Waals surface area contributed by atoms with Crippen molar-refractivity contribution in [1.82, 2.24) is 5.32 Å². The third-order valence-electron chi connectivity index (χ3n) is 1.32. The number of carbonyl (C=O) groups excluding carboxylic acids is 1. The van der Waals surface area contributed by atoms with E-state index < -0.39 is 11.8 Å². The summed E-state index contributed by atoms with van der Waals surface area (Å²) >= 11 is 0. The highest BCUT2D eigenvalue weighted by Gasteiger charge is 1.98. The van der Waals surface area contributed by atoms with Gasteiger partial charge in [-0.2, -0.15) is 0 Å². The van der Waals surface area contributed by atoms with Crippen LogP contribution in [-0.4, -0.2) is 6.03 Å². The molecule has 1 aromatic carbocycles. The van der Waals surface area contributed by atoms with E-state index >= 15 is 0 Å². The highest BCUT2D eigenvalue weighted by Crippen LogP contribution is 2.08. The first-order chi connectivity index (χ1) is 6.22. The maximum absolute atomic E-state index is 12.6. The van der Waals surface area contributed by atoms with E-state index in [4.69, 9.17) is 0 Å². The lowest BCUT2D eigenvalue weighted by Gasteiger charge is -2.03. The van der Waals surface area contributed by atoms with E-state index in [2.05, 4.69) is 17.2 Å². The van der Waals surface area contributed by atoms with Gasteiger partial charge in [-0.15, -0.1) is 0 Å². The lowest BCUT2D eigenvalue weighted by Crippen LogP contribution is -2.23. The highest BCUT2D eigenvalue weighted by molar-refractivity contribution is 5.89. The fourth-order valence-electron chi connectivity index (χ4n) is 0.826. The molecule has 0 saturated carbocycles. The second kappa shape index (κ2) is 4.25. The van der Waals surface area contributed by atoms with Crippen LogP contribution >= 0.6 is 0 Å². The van der Waals surface area contributed by atoms with E-state index in [0.29, 0.717) is 5.69 Å². The Balaban J connectivity index is 2.63. The molecule has 0 radical (unpaired) electrons. The molecular weight excluding hydrogens is 171 g/mol. The zero-order chi connectivity index (χ0) is 9.68. The van der Waals surface area contributed by atoms with Crippen LogP contribution in [0.5, 0.6) is 0 Å². The molecule has 0 unspecified atom stereocenters. The van der Waals surface area contributed by atoms with E-state index in [1.807, 2.05) is 0 Å². The molecular formula is C9H9FN2O. The van der Waals surface area contributed by atoms with Crippen molar-refractivity contribution in [3.8, 4) is 0 Å². The number of rotatable bonds is 2. The minimum atomic E-state index is -0.444. The molecule has 1 aromatic rings. The third-order valence-corrected chi connectivity index (χ3v) is 1.32. The lowest BCUT2D eigenvalue weighted by atomic mass is 10.3. The number of hydrogen-bond donors (Lipinski definition) is 2. The fraction of sp³-hybridized carbons (Fsp3) is 0. The Kier molecular flexibility index (Phi) is 3.03. The van der Waals surface area contributed by atoms with Crippen LogP contribution in [0.4, 0.5) is 14.9 Å². The summed E-state index contributed by atoms with van der Waals surface area (Å²) in [5.41, 5.74) is 0.402. The van der Waals surface area contributed by atoms with Crippen LogP contribution in [0, 0.1) is 5.82 Å². The third kappa shape index (κ3) is 2.94. The first-order valence-electron chi connectivity index (χ1n) is 3.66. The zero-order valence-corrected chi connectivity index (χ0v) is 6.88. The van der Waals surface area contributed by atoms with Crippen LogP contribution in [0.3, 0.4) is 0 Å². The Bertz CT molecular complexity index is 325. The average Bonchev–Trinajstić information content (AvgIpc) is 2.04. The Morgan fingerprint density at radius 1 is 1.54 bits per heavy atom. The Labute approximate surface area is 75.3 Å². The van der Waals surface area contributed by atoms with Crippen LogP contribution in [-0.2, 0) is 0 Å². The van der Waals surface area contributed by atoms with Gasteiger partial charge < -0.3 is 10.6 Å². The normalized spacial score (nSPS) is 9.00. The second-order valence-corrected chi connectivity index (χ2v) is 2.31. The topological polar surface area (TPSA) is 41.1 Å². The smallest absolute Gasteiger partial charge is 0.315 e. The van der Waals surface area contributed by atoms with E-state index in [9.17, 15) is 9.18 Å². The van der Waals surface area contributed by atoms with Gasteiger partial charge in [-0.25, -0.2) is 9.18 Å². The van der Waals surface area contributed by atoms with Crippen LogP contribution in [0.2, 0.25) is 0 Å². The Morgan fingerprint density at radius 2 is 2.31 bits per heavy atom. The highest BCUT2D eigenvalue weighted by atomic mass is 19.1. The lowest BCUT2D eigenvalue weighted by molar-refractivity contribution is 0.255. The molecule has 0 aliphatic heterocycles. The summed E-state index contributed by atoms with van der Waals surface area (Å²) in [6.45, 7) is 3.31. The number of halogens is 1. The Morgan fingerprint density at radius 3 is 2.92 bits per heavy atom. The SMILES string of the molecule is C=CNC(=O)Nc1cccc(F)c1. The summed E-state index contributed by atoms with van der Waals surface area (Å²) in [6, 6.07) is 5.18. The van der Waals surface area contributed by atoms with Crippen molar-refractivity contribution >= 4 is 11.7 Å². The van der Waals surface area contributed by atoms with Crippen LogP contribution < -0.4 is 10.6 Å². The van der Waals surface area contributed by atoms with E-state index in [-0.39, 0.29) is 0 Å². The molecule has 0 atom stereocenters. The molecule has 0 saturated heterocycles. The minimum absolute atomic E-state index is 0.392. The molecule has 0 aliphatic carbocycles. The largest absolute Gasteiger partial charge is 0.323 e. The molecule has 1 rings (SSSR count). The van der Waals surface area contributed by atoms with E-state index in [1.54, 1.807) is 6.07 Å². The number of urea groups is 1. The van der Waals surface area contributed by atoms with Gasteiger partial charge in [0.05, 0.1) is 0 Å². The molecule has 0 spiro atoms. The maximum Gasteiger partial charge on any atom is 0.323 e. The van der Waals surface area contributed by atoms with Crippen molar-refractivity contribution in [2.75, 3.05) is 5.32 Å². The number of amides is 2. The van der Waals surface area contributed by atoms with Gasteiger partial charge in [0, 0.05) is 5.69 Å². The monoisotopic (exact) mass is 180 g/mol. The van der Waals surface area contributed by atoms with Crippen molar-refractivity contribution in [1.29, 1.82) is 0 Å². The summed E-state index contributed by atoms with van der Waals surface area (Å²) in [6.07, 6.45) is 1.24. The molecule has 2 N–H and O–H groups in total. The molecule has 0 aromatic heterocycles. The van der Waals surface area contributed by atoms with Crippen molar-refractivity contribution in [3.63, 3.8) is 0 Å². The summed E-state index contributed by atoms with van der Waals surface area (Å²) < 4.78 is 12.6. The van der Waals surface area contributed by atoms with Crippen LogP contribution in [0.1, 0.15) is 0 Å². The number of nitrogens with one attached hydrogen (secondary N) is 2. The fourth-order valence-corrected chi connectivity index (χ4v) is 0.826. The summed E-state index contributed by atoms with van der Waals surface area (Å²) in [4.78, 5) is 10.9. The maximum atomic E-state index is 12.6. The average molecular weight is 180 g/mol. The van der Waals surface area contributed by atoms with Gasteiger partial charge in [0.15, 0.2) is 0 Å². The molecule has 4 heteroatoms. The van der Waals surface area contributed by atoms with Gasteiger partial charge in [0.2, 0.25) is 0 Å². The van der Waals surface area contributed by atoms with Gasteiger partial charge >= 0.3 is 6.03 Å². The van der Waals surface area contributed by atoms with Crippen molar-refractivity contribution < 1.29 is 9.18 Å². The predicted octanol–water partition coefficient (Wildman–Crippen LogP) is 2.09. The van der Waals surface area contributed by atoms with Gasteiger partial charge in [-0.05, 0) is 24.4 Å². The first kappa shape index (κ1) is 9.25. The molecule has 3 nitrogen and oxygen atoms in total. The van der Waals surface area contributed by atoms with Gasteiger partial charge in [0.25, 0.3) is 0 Å². The number of anilines is 1. The first-order valence-corrected chi connectivity index (χ1v) is 3.66. The Hall–Kier alpha value is -1.84. The van der Waals surface area contributed by atoms with E-state index in [0.717, 1.165) is 0 Å². The van der Waals surface area contributed by atoms with Gasteiger partial charge in [0.1, 0.15) is 5.82 Å². The number of hydrogen-bond acceptors (Lipinski definition) is 1. The molecule has 13 heavy (non-hydrogen) atoms. The van der Waals surface area contributed by atoms with Gasteiger partial charge in [-0.3, -0.25) is 0 Å². The molecule has 0 aliphatic rings. The minimum Gasteiger partial charge on any atom is -0.315 e. The second-order valence-electron chi connectivity index (χ2n) is 2.31. The quantitative estimate of drug-likeness (QED) is 0.718. The molecule has 0 bridgehead atoms. The standard InChI is InChI=1S/C9H9FN2O/c1-2-11-9(13)12-8-5-3-4-7(10)6-8/h2-6H,1H2,(H2,11,12,13).